The normalized spacial score (nSPS) is 17.8. The lowest BCUT2D eigenvalue weighted by Crippen LogP contribution is -2.32. The van der Waals surface area contributed by atoms with Crippen LogP contribution >= 0.6 is 27.5 Å². The van der Waals surface area contributed by atoms with E-state index in [0.29, 0.717) is 5.56 Å². The van der Waals surface area contributed by atoms with Crippen molar-refractivity contribution in [3.63, 3.8) is 0 Å². The third-order valence-electron chi connectivity index (χ3n) is 2.30. The average molecular weight is 328 g/mol. The number of hydrogen-bond acceptors (Lipinski definition) is 3. The fourth-order valence-electron chi connectivity index (χ4n) is 1.28. The lowest BCUT2D eigenvalue weighted by atomic mass is 10.0. The Balaban J connectivity index is 3.23. The van der Waals surface area contributed by atoms with Gasteiger partial charge in [-0.1, -0.05) is 35.9 Å². The number of aliphatic hydroxyl groups is 1. The average Bonchev–Trinajstić information content (AvgIpc) is 2.15. The minimum absolute atomic E-state index is 0.486. The van der Waals surface area contributed by atoms with Crippen LogP contribution in [0.3, 0.4) is 0 Å². The largest absolute Gasteiger partial charge is 0.385 e. The smallest absolute Gasteiger partial charge is 0.228 e. The number of rotatable bonds is 3. The van der Waals surface area contributed by atoms with Gasteiger partial charge >= 0.3 is 0 Å². The Kier molecular flexibility index (Phi) is 4.05. The molecule has 0 aliphatic heterocycles. The van der Waals surface area contributed by atoms with Gasteiger partial charge in [0.05, 0.1) is 0 Å². The van der Waals surface area contributed by atoms with E-state index in [9.17, 15) is 13.5 Å². The second kappa shape index (κ2) is 4.64. The van der Waals surface area contributed by atoms with E-state index in [4.69, 9.17) is 11.6 Å². The second-order valence-electron chi connectivity index (χ2n) is 3.59. The van der Waals surface area contributed by atoms with Crippen LogP contribution in [-0.4, -0.2) is 22.9 Å². The molecule has 90 valence electrons. The van der Waals surface area contributed by atoms with Crippen molar-refractivity contribution in [1.29, 1.82) is 0 Å². The molecule has 0 saturated heterocycles. The van der Waals surface area contributed by atoms with E-state index in [1.165, 1.54) is 0 Å². The number of aryl methyl sites for hydroxylation is 1. The SMILES string of the molecule is Cc1ccccc1[C@H](O)[C@@](Cl)(Br)S(C)(=O)=O. The monoisotopic (exact) mass is 326 g/mol. The molecule has 0 fully saturated rings. The van der Waals surface area contributed by atoms with Crippen LogP contribution in [0.25, 0.3) is 0 Å². The van der Waals surface area contributed by atoms with E-state index in [2.05, 4.69) is 15.9 Å². The van der Waals surface area contributed by atoms with Crippen LogP contribution in [0.1, 0.15) is 17.2 Å². The highest BCUT2D eigenvalue weighted by atomic mass is 79.9. The highest BCUT2D eigenvalue weighted by Gasteiger charge is 2.44. The van der Waals surface area contributed by atoms with Crippen LogP contribution in [0.2, 0.25) is 0 Å². The van der Waals surface area contributed by atoms with Crippen LogP contribution in [0.5, 0.6) is 0 Å². The van der Waals surface area contributed by atoms with Gasteiger partial charge in [-0.15, -0.1) is 0 Å². The summed E-state index contributed by atoms with van der Waals surface area (Å²) in [6.07, 6.45) is -0.360. The number of halogens is 2. The Bertz CT molecular complexity index is 485. The number of hydrogen-bond donors (Lipinski definition) is 1. The van der Waals surface area contributed by atoms with Crippen molar-refractivity contribution in [2.45, 2.75) is 16.1 Å². The van der Waals surface area contributed by atoms with Gasteiger partial charge in [0, 0.05) is 6.26 Å². The molecule has 0 aromatic heterocycles. The van der Waals surface area contributed by atoms with E-state index in [-0.39, 0.29) is 0 Å². The minimum Gasteiger partial charge on any atom is -0.385 e. The summed E-state index contributed by atoms with van der Waals surface area (Å²) in [6, 6.07) is 6.94. The van der Waals surface area contributed by atoms with Crippen LogP contribution in [0, 0.1) is 6.92 Å². The minimum atomic E-state index is -3.63. The Hall–Kier alpha value is -0.100. The summed E-state index contributed by atoms with van der Waals surface area (Å²) in [4.78, 5) is 0. The number of aliphatic hydroxyl groups excluding tert-OH is 1. The number of benzene rings is 1. The van der Waals surface area contributed by atoms with Crippen molar-refractivity contribution < 1.29 is 13.5 Å². The van der Waals surface area contributed by atoms with Gasteiger partial charge in [0.1, 0.15) is 6.10 Å². The zero-order valence-electron chi connectivity index (χ0n) is 8.81. The molecule has 1 rings (SSSR count). The predicted molar refractivity (Wildman–Crippen MR) is 68.5 cm³/mol. The molecule has 1 aromatic rings. The molecule has 16 heavy (non-hydrogen) atoms. The van der Waals surface area contributed by atoms with E-state index in [0.717, 1.165) is 11.8 Å². The maximum atomic E-state index is 11.4. The van der Waals surface area contributed by atoms with Crippen LogP contribution in [0.15, 0.2) is 24.3 Å². The summed E-state index contributed by atoms with van der Waals surface area (Å²) in [7, 11) is -3.63. The molecule has 3 nitrogen and oxygen atoms in total. The topological polar surface area (TPSA) is 54.4 Å². The Labute approximate surface area is 108 Å². The molecule has 6 heteroatoms. The maximum absolute atomic E-state index is 11.4. The van der Waals surface area contributed by atoms with E-state index in [1.807, 2.05) is 0 Å². The maximum Gasteiger partial charge on any atom is 0.228 e. The summed E-state index contributed by atoms with van der Waals surface area (Å²) >= 11 is 8.71. The van der Waals surface area contributed by atoms with E-state index in [1.54, 1.807) is 31.2 Å². The first-order chi connectivity index (χ1) is 7.18. The highest BCUT2D eigenvalue weighted by Crippen LogP contribution is 2.42. The van der Waals surface area contributed by atoms with Gasteiger partial charge in [0.15, 0.2) is 9.84 Å². The summed E-state index contributed by atoms with van der Waals surface area (Å²) in [6.45, 7) is 1.78. The van der Waals surface area contributed by atoms with Crippen molar-refractivity contribution in [2.75, 3.05) is 6.26 Å². The lowest BCUT2D eigenvalue weighted by molar-refractivity contribution is 0.184. The van der Waals surface area contributed by atoms with Crippen molar-refractivity contribution in [3.8, 4) is 0 Å². The standard InChI is InChI=1S/C10H12BrClO3S/c1-7-5-3-4-6-8(7)9(13)10(11,12)16(2,14)15/h3-6,9,13H,1-2H3/t9-,10-/m0/s1. The van der Waals surface area contributed by atoms with Gasteiger partial charge in [-0.05, 0) is 34.0 Å². The van der Waals surface area contributed by atoms with Crippen LogP contribution < -0.4 is 0 Å². The zero-order chi connectivity index (χ0) is 12.6. The van der Waals surface area contributed by atoms with Crippen LogP contribution in [0.4, 0.5) is 0 Å². The molecular formula is C10H12BrClO3S. The number of sulfone groups is 1. The summed E-state index contributed by atoms with van der Waals surface area (Å²) < 4.78 is 21.0. The quantitative estimate of drug-likeness (QED) is 0.867. The fourth-order valence-corrected chi connectivity index (χ4v) is 2.17. The van der Waals surface area contributed by atoms with Crippen molar-refractivity contribution in [2.24, 2.45) is 0 Å². The second-order valence-corrected chi connectivity index (χ2v) is 8.83. The number of alkyl halides is 2. The van der Waals surface area contributed by atoms with E-state index < -0.39 is 19.1 Å². The van der Waals surface area contributed by atoms with Gasteiger partial charge < -0.3 is 5.11 Å². The molecule has 0 unspecified atom stereocenters. The lowest BCUT2D eigenvalue weighted by Gasteiger charge is -2.25. The first-order valence-corrected chi connectivity index (χ1v) is 7.55. The molecule has 0 aliphatic carbocycles. The molecular weight excluding hydrogens is 316 g/mol. The molecule has 0 aliphatic rings. The summed E-state index contributed by atoms with van der Waals surface area (Å²) in [5.74, 6) is 0. The van der Waals surface area contributed by atoms with Crippen molar-refractivity contribution >= 4 is 37.4 Å². The summed E-state index contributed by atoms with van der Waals surface area (Å²) in [5, 5.41) is 10.0. The molecule has 0 spiro atoms. The van der Waals surface area contributed by atoms with Gasteiger partial charge in [-0.2, -0.15) is 0 Å². The first kappa shape index (κ1) is 14.0. The fraction of sp³-hybridized carbons (Fsp3) is 0.400. The highest BCUT2D eigenvalue weighted by molar-refractivity contribution is 9.12. The molecule has 1 N–H and O–H groups in total. The van der Waals surface area contributed by atoms with Gasteiger partial charge in [-0.3, -0.25) is 0 Å². The molecule has 0 amide bonds. The molecule has 0 radical (unpaired) electrons. The van der Waals surface area contributed by atoms with Crippen LogP contribution in [-0.2, 0) is 9.84 Å². The van der Waals surface area contributed by atoms with E-state index >= 15 is 0 Å². The zero-order valence-corrected chi connectivity index (χ0v) is 12.0. The molecule has 1 aromatic carbocycles. The molecule has 0 heterocycles. The van der Waals surface area contributed by atoms with Gasteiger partial charge in [-0.25, -0.2) is 8.42 Å². The van der Waals surface area contributed by atoms with Gasteiger partial charge in [0.25, 0.3) is 0 Å². The van der Waals surface area contributed by atoms with Crippen molar-refractivity contribution in [3.05, 3.63) is 35.4 Å². The Morgan fingerprint density at radius 3 is 2.38 bits per heavy atom. The summed E-state index contributed by atoms with van der Waals surface area (Å²) in [5.41, 5.74) is 1.27. The Morgan fingerprint density at radius 2 is 1.94 bits per heavy atom. The predicted octanol–water partition coefficient (Wildman–Crippen LogP) is 2.36. The molecule has 0 bridgehead atoms. The van der Waals surface area contributed by atoms with Gasteiger partial charge in [0.2, 0.25) is 3.12 Å². The Morgan fingerprint density at radius 1 is 1.44 bits per heavy atom. The third-order valence-corrected chi connectivity index (χ3v) is 6.75. The van der Waals surface area contributed by atoms with Crippen molar-refractivity contribution in [1.82, 2.24) is 0 Å². The molecule has 0 saturated carbocycles. The third kappa shape index (κ3) is 2.59. The first-order valence-electron chi connectivity index (χ1n) is 4.49. The molecule has 2 atom stereocenters.